The van der Waals surface area contributed by atoms with Gasteiger partial charge in [0.25, 0.3) is 0 Å². The number of ether oxygens (including phenoxy) is 1. The van der Waals surface area contributed by atoms with E-state index < -0.39 is 22.7 Å². The van der Waals surface area contributed by atoms with Gasteiger partial charge in [0.05, 0.1) is 28.3 Å². The molecular weight excluding hydrogens is 470 g/mol. The summed E-state index contributed by atoms with van der Waals surface area (Å²) in [7, 11) is -1.23. The molecule has 35 heavy (non-hydrogen) atoms. The van der Waals surface area contributed by atoms with Crippen molar-refractivity contribution < 1.29 is 22.8 Å². The second kappa shape index (κ2) is 10.2. The summed E-state index contributed by atoms with van der Waals surface area (Å²) < 4.78 is 44.4. The number of aliphatic hydroxyl groups excluding tert-OH is 1. The monoisotopic (exact) mass is 502 g/mol. The molecule has 1 saturated carbocycles. The van der Waals surface area contributed by atoms with Crippen LogP contribution in [0.25, 0.3) is 0 Å². The van der Waals surface area contributed by atoms with E-state index in [9.17, 15) is 18.1 Å². The molecular formula is C27H32F2N2O3S. The number of hydrazine groups is 1. The van der Waals surface area contributed by atoms with Gasteiger partial charge in [-0.05, 0) is 97.6 Å². The van der Waals surface area contributed by atoms with Gasteiger partial charge in [0.1, 0.15) is 5.82 Å². The maximum atomic E-state index is 14.2. The van der Waals surface area contributed by atoms with E-state index in [1.165, 1.54) is 36.1 Å². The Hall–Kier alpha value is -2.55. The van der Waals surface area contributed by atoms with E-state index >= 15 is 0 Å². The molecule has 2 aliphatic rings. The standard InChI is InChI=1S/C27H32F2N2O3S/c1-17-15-27(2)19(14-24(17)31(30)21-10-8-20(28)9-11-21)5-4-6-22(27)26(32)18-7-12-23(29)25(13-18)34-16-35(3)33/h7-14,22,26,32H,4-6,15-16,30H2,1-3H3. The summed E-state index contributed by atoms with van der Waals surface area (Å²) in [5.74, 6) is 5.36. The van der Waals surface area contributed by atoms with Crippen molar-refractivity contribution in [2.24, 2.45) is 17.2 Å². The number of hydrogen-bond donors (Lipinski definition) is 2. The third-order valence-corrected chi connectivity index (χ3v) is 7.77. The molecule has 0 bridgehead atoms. The quantitative estimate of drug-likeness (QED) is 0.386. The first-order valence-electron chi connectivity index (χ1n) is 11.7. The molecule has 2 aliphatic carbocycles. The van der Waals surface area contributed by atoms with E-state index in [0.717, 1.165) is 30.5 Å². The fourth-order valence-corrected chi connectivity index (χ4v) is 5.77. The summed E-state index contributed by atoms with van der Waals surface area (Å²) >= 11 is 0. The normalized spacial score (nSPS) is 23.9. The molecule has 5 nitrogen and oxygen atoms in total. The van der Waals surface area contributed by atoms with E-state index in [4.69, 9.17) is 10.6 Å². The van der Waals surface area contributed by atoms with E-state index in [1.807, 2.05) is 6.92 Å². The van der Waals surface area contributed by atoms with E-state index in [1.54, 1.807) is 23.2 Å². The predicted octanol–water partition coefficient (Wildman–Crippen LogP) is 5.50. The van der Waals surface area contributed by atoms with Crippen molar-refractivity contribution in [2.45, 2.75) is 45.6 Å². The fourth-order valence-electron chi connectivity index (χ4n) is 5.48. The average molecular weight is 503 g/mol. The van der Waals surface area contributed by atoms with Crippen LogP contribution in [0.15, 0.2) is 65.4 Å². The van der Waals surface area contributed by atoms with Crippen LogP contribution < -0.4 is 15.6 Å². The Bertz CT molecular complexity index is 1180. The van der Waals surface area contributed by atoms with Gasteiger partial charge in [-0.3, -0.25) is 9.22 Å². The van der Waals surface area contributed by atoms with Crippen LogP contribution in [0.2, 0.25) is 0 Å². The third kappa shape index (κ3) is 5.20. The highest BCUT2D eigenvalue weighted by molar-refractivity contribution is 7.84. The summed E-state index contributed by atoms with van der Waals surface area (Å²) in [6.07, 6.45) is 6.12. The number of benzene rings is 2. The molecule has 0 heterocycles. The first kappa shape index (κ1) is 25.5. The molecule has 2 aromatic rings. The first-order valence-corrected chi connectivity index (χ1v) is 13.4. The number of nitrogens with zero attached hydrogens (tertiary/aromatic N) is 1. The van der Waals surface area contributed by atoms with E-state index in [-0.39, 0.29) is 28.8 Å². The van der Waals surface area contributed by atoms with Gasteiger partial charge in [-0.1, -0.05) is 18.6 Å². The fraction of sp³-hybridized carbons (Fsp3) is 0.407. The maximum Gasteiger partial charge on any atom is 0.165 e. The summed E-state index contributed by atoms with van der Waals surface area (Å²) in [5, 5.41) is 13.0. The minimum Gasteiger partial charge on any atom is -0.477 e. The largest absolute Gasteiger partial charge is 0.477 e. The molecule has 0 aliphatic heterocycles. The van der Waals surface area contributed by atoms with E-state index in [0.29, 0.717) is 17.7 Å². The van der Waals surface area contributed by atoms with Crippen molar-refractivity contribution >= 4 is 16.5 Å². The van der Waals surface area contributed by atoms with Crippen LogP contribution in [-0.2, 0) is 10.8 Å². The van der Waals surface area contributed by atoms with E-state index in [2.05, 4.69) is 13.0 Å². The molecule has 0 aromatic heterocycles. The Morgan fingerprint density at radius 2 is 1.97 bits per heavy atom. The predicted molar refractivity (Wildman–Crippen MR) is 135 cm³/mol. The zero-order valence-electron chi connectivity index (χ0n) is 20.3. The van der Waals surface area contributed by atoms with Gasteiger partial charge >= 0.3 is 0 Å². The number of aliphatic hydroxyl groups is 1. The highest BCUT2D eigenvalue weighted by Gasteiger charge is 2.46. The molecule has 1 fully saturated rings. The lowest BCUT2D eigenvalue weighted by Crippen LogP contribution is -2.41. The molecule has 0 spiro atoms. The summed E-state index contributed by atoms with van der Waals surface area (Å²) in [6, 6.07) is 10.5. The minimum atomic E-state index is -1.23. The lowest BCUT2D eigenvalue weighted by Gasteiger charge is -2.49. The highest BCUT2D eigenvalue weighted by Crippen LogP contribution is 2.56. The number of nitrogens with two attached hydrogens (primary N) is 1. The molecule has 188 valence electrons. The molecule has 0 saturated heterocycles. The molecule has 3 N–H and O–H groups in total. The molecule has 4 unspecified atom stereocenters. The van der Waals surface area contributed by atoms with Gasteiger partial charge < -0.3 is 9.84 Å². The number of allylic oxidation sites excluding steroid dienone is 3. The summed E-state index contributed by atoms with van der Waals surface area (Å²) in [5.41, 5.74) is 4.15. The zero-order chi connectivity index (χ0) is 25.3. The third-order valence-electron chi connectivity index (χ3n) is 7.32. The van der Waals surface area contributed by atoms with Crippen molar-refractivity contribution in [2.75, 3.05) is 17.2 Å². The Morgan fingerprint density at radius 1 is 1.26 bits per heavy atom. The van der Waals surface area contributed by atoms with Crippen LogP contribution in [0, 0.1) is 23.0 Å². The summed E-state index contributed by atoms with van der Waals surface area (Å²) in [4.78, 5) is 0. The smallest absolute Gasteiger partial charge is 0.165 e. The van der Waals surface area contributed by atoms with Crippen LogP contribution >= 0.6 is 0 Å². The lowest BCUT2D eigenvalue weighted by molar-refractivity contribution is 0.0206. The average Bonchev–Trinajstić information content (AvgIpc) is 2.82. The minimum absolute atomic E-state index is 0.00597. The Kier molecular flexibility index (Phi) is 7.45. The zero-order valence-corrected chi connectivity index (χ0v) is 21.1. The van der Waals surface area contributed by atoms with Crippen molar-refractivity contribution in [1.82, 2.24) is 0 Å². The molecule has 2 aromatic carbocycles. The first-order chi connectivity index (χ1) is 16.6. The molecule has 4 atom stereocenters. The highest BCUT2D eigenvalue weighted by atomic mass is 32.2. The molecule has 4 rings (SSSR count). The molecule has 0 amide bonds. The Balaban J connectivity index is 1.61. The van der Waals surface area contributed by atoms with Gasteiger partial charge in [-0.15, -0.1) is 0 Å². The molecule has 0 radical (unpaired) electrons. The van der Waals surface area contributed by atoms with Gasteiger partial charge in [0, 0.05) is 6.26 Å². The number of halogens is 2. The van der Waals surface area contributed by atoms with Crippen molar-refractivity contribution in [1.29, 1.82) is 0 Å². The van der Waals surface area contributed by atoms with Crippen LogP contribution in [-0.4, -0.2) is 21.5 Å². The Labute approximate surface area is 207 Å². The summed E-state index contributed by atoms with van der Waals surface area (Å²) in [6.45, 7) is 4.20. The molecule has 8 heteroatoms. The van der Waals surface area contributed by atoms with Gasteiger partial charge in [-0.2, -0.15) is 0 Å². The van der Waals surface area contributed by atoms with Crippen LogP contribution in [0.5, 0.6) is 5.75 Å². The van der Waals surface area contributed by atoms with Crippen molar-refractivity contribution in [3.05, 3.63) is 82.6 Å². The topological polar surface area (TPSA) is 75.8 Å². The number of anilines is 1. The second-order valence-electron chi connectivity index (χ2n) is 9.74. The lowest BCUT2D eigenvalue weighted by atomic mass is 9.57. The van der Waals surface area contributed by atoms with Crippen molar-refractivity contribution in [3.63, 3.8) is 0 Å². The van der Waals surface area contributed by atoms with Gasteiger partial charge in [0.2, 0.25) is 0 Å². The maximum absolute atomic E-state index is 14.2. The van der Waals surface area contributed by atoms with Crippen LogP contribution in [0.4, 0.5) is 14.5 Å². The second-order valence-corrected chi connectivity index (χ2v) is 11.1. The van der Waals surface area contributed by atoms with Gasteiger partial charge in [-0.25, -0.2) is 14.6 Å². The van der Waals surface area contributed by atoms with Gasteiger partial charge in [0.15, 0.2) is 17.5 Å². The number of hydrogen-bond acceptors (Lipinski definition) is 5. The number of fused-ring (bicyclic) bond motifs is 1. The number of rotatable bonds is 7. The van der Waals surface area contributed by atoms with Crippen LogP contribution in [0.1, 0.15) is 51.2 Å². The SMILES string of the molecule is CC1=C(N(N)c2ccc(F)cc2)C=C2CCCC(C(O)c3ccc(F)c(OCS(C)=O)c3)C2(C)C1. The Morgan fingerprint density at radius 3 is 2.66 bits per heavy atom. The van der Waals surface area contributed by atoms with Crippen LogP contribution in [0.3, 0.4) is 0 Å². The van der Waals surface area contributed by atoms with Crippen molar-refractivity contribution in [3.8, 4) is 5.75 Å².